The lowest BCUT2D eigenvalue weighted by Gasteiger charge is -2.39. The number of aromatic nitrogens is 3. The maximum absolute atomic E-state index is 6.72. The first-order valence-corrected chi connectivity index (χ1v) is 12.2. The van der Waals surface area contributed by atoms with Gasteiger partial charge in [0.05, 0.1) is 26.5 Å². The number of methoxy groups -OCH3 is 2. The molecule has 2 aliphatic heterocycles. The van der Waals surface area contributed by atoms with Crippen LogP contribution in [0.25, 0.3) is 5.70 Å². The molecule has 0 saturated heterocycles. The second-order valence-electron chi connectivity index (χ2n) is 9.00. The standard InChI is InChI=1S/C29H28N4O4/c1-5-36-23-13-9-19(15-24(23)35-4)27-25-26(32-29-30-16-31-33(27)29)21-14-17(2)6-12-22(21)37-28(25)18-7-10-20(34-3)11-8-18/h6-16,27-28H,5H2,1-4H3,(H,30,31,32)/t27-,28+/m1/s1. The molecule has 4 aromatic rings. The fraction of sp³-hybridized carbons (Fsp3) is 0.241. The summed E-state index contributed by atoms with van der Waals surface area (Å²) >= 11 is 0. The SMILES string of the molecule is CCOc1ccc([C@@H]2C3=C(Nc4ncnn42)c2cc(C)ccc2O[C@H]3c2ccc(OC)cc2)cc1OC. The van der Waals surface area contributed by atoms with Gasteiger partial charge in [0.25, 0.3) is 0 Å². The minimum atomic E-state index is -0.372. The van der Waals surface area contributed by atoms with Crippen LogP contribution in [-0.2, 0) is 0 Å². The molecule has 0 unspecified atom stereocenters. The third-order valence-electron chi connectivity index (χ3n) is 6.79. The van der Waals surface area contributed by atoms with Crippen LogP contribution in [0.1, 0.15) is 41.3 Å². The molecule has 0 amide bonds. The Bertz CT molecular complexity index is 1490. The molecule has 2 aliphatic rings. The molecule has 0 radical (unpaired) electrons. The van der Waals surface area contributed by atoms with Crippen molar-refractivity contribution >= 4 is 11.6 Å². The highest BCUT2D eigenvalue weighted by atomic mass is 16.5. The topological polar surface area (TPSA) is 79.7 Å². The third kappa shape index (κ3) is 3.85. The first-order valence-electron chi connectivity index (χ1n) is 12.2. The number of rotatable bonds is 6. The Kier molecular flexibility index (Phi) is 5.71. The van der Waals surface area contributed by atoms with E-state index in [2.05, 4.69) is 40.5 Å². The van der Waals surface area contributed by atoms with Crippen LogP contribution < -0.4 is 24.3 Å². The van der Waals surface area contributed by atoms with Gasteiger partial charge in [-0.25, -0.2) is 4.68 Å². The van der Waals surface area contributed by atoms with Crippen molar-refractivity contribution in [2.75, 3.05) is 26.1 Å². The lowest BCUT2D eigenvalue weighted by atomic mass is 9.84. The zero-order valence-electron chi connectivity index (χ0n) is 21.2. The molecule has 0 fully saturated rings. The minimum absolute atomic E-state index is 0.293. The van der Waals surface area contributed by atoms with Gasteiger partial charge in [0, 0.05) is 11.1 Å². The lowest BCUT2D eigenvalue weighted by molar-refractivity contribution is 0.222. The Labute approximate surface area is 215 Å². The Morgan fingerprint density at radius 3 is 2.51 bits per heavy atom. The van der Waals surface area contributed by atoms with E-state index in [-0.39, 0.29) is 12.1 Å². The van der Waals surface area contributed by atoms with Crippen LogP contribution in [0.4, 0.5) is 5.95 Å². The fourth-order valence-electron chi connectivity index (χ4n) is 5.09. The molecule has 8 nitrogen and oxygen atoms in total. The molecule has 3 heterocycles. The molecular weight excluding hydrogens is 468 g/mol. The van der Waals surface area contributed by atoms with Crippen LogP contribution in [0.5, 0.6) is 23.0 Å². The van der Waals surface area contributed by atoms with Crippen LogP contribution in [0, 0.1) is 6.92 Å². The van der Waals surface area contributed by atoms with Gasteiger partial charge in [0.1, 0.15) is 30.0 Å². The predicted octanol–water partition coefficient (Wildman–Crippen LogP) is 5.56. The van der Waals surface area contributed by atoms with E-state index >= 15 is 0 Å². The van der Waals surface area contributed by atoms with Crippen molar-refractivity contribution in [2.24, 2.45) is 0 Å². The highest BCUT2D eigenvalue weighted by Gasteiger charge is 2.41. The van der Waals surface area contributed by atoms with Gasteiger partial charge < -0.3 is 24.3 Å². The van der Waals surface area contributed by atoms with Crippen LogP contribution in [0.3, 0.4) is 0 Å². The number of aryl methyl sites for hydroxylation is 1. The normalized spacial score (nSPS) is 17.6. The molecule has 0 bridgehead atoms. The Hall–Kier alpha value is -4.46. The molecule has 0 aliphatic carbocycles. The number of nitrogens with one attached hydrogen (secondary N) is 1. The number of ether oxygens (including phenoxy) is 4. The van der Waals surface area contributed by atoms with E-state index < -0.39 is 0 Å². The monoisotopic (exact) mass is 496 g/mol. The number of fused-ring (bicyclic) bond motifs is 3. The largest absolute Gasteiger partial charge is 0.497 e. The molecule has 3 aromatic carbocycles. The summed E-state index contributed by atoms with van der Waals surface area (Å²) < 4.78 is 25.5. The van der Waals surface area contributed by atoms with Gasteiger partial charge in [-0.3, -0.25) is 0 Å². The predicted molar refractivity (Wildman–Crippen MR) is 140 cm³/mol. The summed E-state index contributed by atoms with van der Waals surface area (Å²) in [6.07, 6.45) is 1.20. The van der Waals surface area contributed by atoms with E-state index in [1.54, 1.807) is 20.5 Å². The molecule has 2 atom stereocenters. The molecule has 188 valence electrons. The summed E-state index contributed by atoms with van der Waals surface area (Å²) in [6, 6.07) is 19.9. The van der Waals surface area contributed by atoms with Gasteiger partial charge in [-0.1, -0.05) is 29.8 Å². The molecule has 8 heteroatoms. The van der Waals surface area contributed by atoms with Gasteiger partial charge >= 0.3 is 0 Å². The highest BCUT2D eigenvalue weighted by Crippen LogP contribution is 2.51. The van der Waals surface area contributed by atoms with Gasteiger partial charge in [-0.2, -0.15) is 10.1 Å². The quantitative estimate of drug-likeness (QED) is 0.374. The number of anilines is 1. The Morgan fingerprint density at radius 2 is 1.76 bits per heavy atom. The number of nitrogens with zero attached hydrogens (tertiary/aromatic N) is 3. The molecule has 1 N–H and O–H groups in total. The summed E-state index contributed by atoms with van der Waals surface area (Å²) in [7, 11) is 3.32. The first kappa shape index (κ1) is 23.0. The Balaban J connectivity index is 1.59. The highest BCUT2D eigenvalue weighted by molar-refractivity contribution is 5.85. The van der Waals surface area contributed by atoms with Crippen molar-refractivity contribution < 1.29 is 18.9 Å². The summed E-state index contributed by atoms with van der Waals surface area (Å²) in [6.45, 7) is 4.59. The Morgan fingerprint density at radius 1 is 0.946 bits per heavy atom. The van der Waals surface area contributed by atoms with Crippen molar-refractivity contribution in [3.63, 3.8) is 0 Å². The third-order valence-corrected chi connectivity index (χ3v) is 6.79. The molecule has 0 spiro atoms. The van der Waals surface area contributed by atoms with Gasteiger partial charge in [0.2, 0.25) is 5.95 Å². The second kappa shape index (κ2) is 9.20. The fourth-order valence-corrected chi connectivity index (χ4v) is 5.09. The smallest absolute Gasteiger partial charge is 0.226 e. The molecule has 0 saturated carbocycles. The lowest BCUT2D eigenvalue weighted by Crippen LogP contribution is -2.32. The zero-order valence-corrected chi connectivity index (χ0v) is 21.2. The number of hydrogen-bond donors (Lipinski definition) is 1. The maximum atomic E-state index is 6.72. The van der Waals surface area contributed by atoms with Crippen LogP contribution >= 0.6 is 0 Å². The van der Waals surface area contributed by atoms with Crippen molar-refractivity contribution in [2.45, 2.75) is 26.0 Å². The van der Waals surface area contributed by atoms with E-state index in [1.807, 2.05) is 54.1 Å². The van der Waals surface area contributed by atoms with Crippen molar-refractivity contribution in [1.29, 1.82) is 0 Å². The number of hydrogen-bond acceptors (Lipinski definition) is 7. The van der Waals surface area contributed by atoms with E-state index in [0.29, 0.717) is 24.1 Å². The average molecular weight is 497 g/mol. The maximum Gasteiger partial charge on any atom is 0.226 e. The molecular formula is C29H28N4O4. The van der Waals surface area contributed by atoms with Crippen LogP contribution in [0.2, 0.25) is 0 Å². The molecule has 6 rings (SSSR count). The van der Waals surface area contributed by atoms with E-state index in [0.717, 1.165) is 45.0 Å². The summed E-state index contributed by atoms with van der Waals surface area (Å²) in [5.41, 5.74) is 6.14. The van der Waals surface area contributed by atoms with E-state index in [9.17, 15) is 0 Å². The van der Waals surface area contributed by atoms with Crippen LogP contribution in [0.15, 0.2) is 72.6 Å². The second-order valence-corrected chi connectivity index (χ2v) is 9.00. The first-order chi connectivity index (χ1) is 18.1. The van der Waals surface area contributed by atoms with Crippen molar-refractivity contribution in [1.82, 2.24) is 14.8 Å². The molecule has 1 aromatic heterocycles. The summed E-state index contributed by atoms with van der Waals surface area (Å²) in [5.74, 6) is 3.63. The molecule has 37 heavy (non-hydrogen) atoms. The number of benzene rings is 3. The van der Waals surface area contributed by atoms with Crippen LogP contribution in [-0.4, -0.2) is 35.6 Å². The zero-order chi connectivity index (χ0) is 25.5. The average Bonchev–Trinajstić information content (AvgIpc) is 3.40. The van der Waals surface area contributed by atoms with Gasteiger partial charge in [-0.15, -0.1) is 0 Å². The van der Waals surface area contributed by atoms with Gasteiger partial charge in [0.15, 0.2) is 11.5 Å². The van der Waals surface area contributed by atoms with E-state index in [4.69, 9.17) is 18.9 Å². The van der Waals surface area contributed by atoms with E-state index in [1.165, 1.54) is 0 Å². The summed E-state index contributed by atoms with van der Waals surface area (Å²) in [5, 5.41) is 8.16. The van der Waals surface area contributed by atoms with Crippen molar-refractivity contribution in [3.05, 3.63) is 94.8 Å². The minimum Gasteiger partial charge on any atom is -0.497 e. The summed E-state index contributed by atoms with van der Waals surface area (Å²) in [4.78, 5) is 4.52. The van der Waals surface area contributed by atoms with Crippen molar-refractivity contribution in [3.8, 4) is 23.0 Å². The van der Waals surface area contributed by atoms with Gasteiger partial charge in [-0.05, 0) is 61.4 Å².